The van der Waals surface area contributed by atoms with E-state index in [1.165, 1.54) is 58.5 Å². The number of hydrogen-bond acceptors (Lipinski definition) is 3. The number of methoxy groups -OCH3 is 1. The van der Waals surface area contributed by atoms with Crippen LogP contribution in [0.15, 0.2) is 16.5 Å². The lowest BCUT2D eigenvalue weighted by atomic mass is 10.1. The van der Waals surface area contributed by atoms with Gasteiger partial charge in [0.1, 0.15) is 11.5 Å². The molecule has 0 amide bonds. The number of carbonyl (C=O) groups excluding carboxylic acids is 1. The summed E-state index contributed by atoms with van der Waals surface area (Å²) in [6.45, 7) is 2.26. The third kappa shape index (κ3) is 8.91. The van der Waals surface area contributed by atoms with Crippen molar-refractivity contribution in [3.8, 4) is 0 Å². The molecule has 0 saturated carbocycles. The van der Waals surface area contributed by atoms with Crippen molar-refractivity contribution in [2.24, 2.45) is 0 Å². The van der Waals surface area contributed by atoms with E-state index < -0.39 is 0 Å². The van der Waals surface area contributed by atoms with Gasteiger partial charge in [0.25, 0.3) is 0 Å². The van der Waals surface area contributed by atoms with E-state index in [-0.39, 0.29) is 5.97 Å². The van der Waals surface area contributed by atoms with Gasteiger partial charge in [-0.1, -0.05) is 51.9 Å². The highest BCUT2D eigenvalue weighted by molar-refractivity contribution is 5.69. The van der Waals surface area contributed by atoms with Crippen LogP contribution in [0.5, 0.6) is 0 Å². The summed E-state index contributed by atoms with van der Waals surface area (Å²) < 4.78 is 10.4. The summed E-state index contributed by atoms with van der Waals surface area (Å²) in [5.74, 6) is 1.92. The molecule has 1 aromatic rings. The SMILES string of the molecule is CCCCCCCCCCc1ccc(CCCC(=O)OC)o1. The second kappa shape index (κ2) is 12.3. The van der Waals surface area contributed by atoms with Gasteiger partial charge in [-0.3, -0.25) is 4.79 Å². The van der Waals surface area contributed by atoms with E-state index in [0.29, 0.717) is 6.42 Å². The van der Waals surface area contributed by atoms with Crippen LogP contribution in [0, 0.1) is 0 Å². The minimum absolute atomic E-state index is 0.147. The standard InChI is InChI=1S/C19H32O3/c1-3-4-5-6-7-8-9-10-12-17-15-16-18(22-17)13-11-14-19(20)21-2/h15-16H,3-14H2,1-2H3. The highest BCUT2D eigenvalue weighted by Crippen LogP contribution is 2.15. The second-order valence-corrected chi connectivity index (χ2v) is 6.02. The van der Waals surface area contributed by atoms with Gasteiger partial charge in [-0.25, -0.2) is 0 Å². The quantitative estimate of drug-likeness (QED) is 0.359. The Morgan fingerprint density at radius 1 is 0.909 bits per heavy atom. The van der Waals surface area contributed by atoms with Crippen LogP contribution in [0.1, 0.15) is 82.7 Å². The predicted octanol–water partition coefficient (Wildman–Crippen LogP) is 5.46. The summed E-state index contributed by atoms with van der Waals surface area (Å²) in [5.41, 5.74) is 0. The highest BCUT2D eigenvalue weighted by Gasteiger charge is 2.05. The van der Waals surface area contributed by atoms with E-state index in [9.17, 15) is 4.79 Å². The number of rotatable bonds is 13. The molecule has 0 aliphatic heterocycles. The molecule has 0 bridgehead atoms. The van der Waals surface area contributed by atoms with Crippen LogP contribution in [0.3, 0.4) is 0 Å². The molecule has 0 N–H and O–H groups in total. The van der Waals surface area contributed by atoms with Crippen molar-refractivity contribution < 1.29 is 13.9 Å². The fraction of sp³-hybridized carbons (Fsp3) is 0.737. The van der Waals surface area contributed by atoms with Crippen LogP contribution in [0.2, 0.25) is 0 Å². The Labute approximate surface area is 135 Å². The third-order valence-electron chi connectivity index (χ3n) is 4.03. The van der Waals surface area contributed by atoms with Gasteiger partial charge in [0.2, 0.25) is 0 Å². The molecule has 1 heterocycles. The molecule has 22 heavy (non-hydrogen) atoms. The van der Waals surface area contributed by atoms with Gasteiger partial charge in [0.15, 0.2) is 0 Å². The zero-order valence-corrected chi connectivity index (χ0v) is 14.4. The Bertz CT molecular complexity index is 395. The highest BCUT2D eigenvalue weighted by atomic mass is 16.5. The normalized spacial score (nSPS) is 10.8. The molecule has 1 rings (SSSR count). The summed E-state index contributed by atoms with van der Waals surface area (Å²) in [6, 6.07) is 4.12. The first-order valence-electron chi connectivity index (χ1n) is 8.90. The first kappa shape index (κ1) is 18.8. The first-order valence-corrected chi connectivity index (χ1v) is 8.90. The molecule has 0 spiro atoms. The van der Waals surface area contributed by atoms with Crippen molar-refractivity contribution in [1.82, 2.24) is 0 Å². The molecule has 0 radical (unpaired) electrons. The van der Waals surface area contributed by atoms with Gasteiger partial charge in [-0.05, 0) is 25.0 Å². The van der Waals surface area contributed by atoms with Crippen molar-refractivity contribution >= 4 is 5.97 Å². The van der Waals surface area contributed by atoms with Crippen molar-refractivity contribution in [3.63, 3.8) is 0 Å². The Morgan fingerprint density at radius 2 is 1.45 bits per heavy atom. The van der Waals surface area contributed by atoms with E-state index >= 15 is 0 Å². The number of carbonyl (C=O) groups is 1. The van der Waals surface area contributed by atoms with Gasteiger partial charge < -0.3 is 9.15 Å². The zero-order valence-electron chi connectivity index (χ0n) is 14.4. The van der Waals surface area contributed by atoms with Crippen molar-refractivity contribution in [2.45, 2.75) is 84.0 Å². The molecule has 0 atom stereocenters. The lowest BCUT2D eigenvalue weighted by molar-refractivity contribution is -0.140. The van der Waals surface area contributed by atoms with Crippen LogP contribution >= 0.6 is 0 Å². The molecule has 3 nitrogen and oxygen atoms in total. The van der Waals surface area contributed by atoms with E-state index in [0.717, 1.165) is 30.8 Å². The fourth-order valence-corrected chi connectivity index (χ4v) is 2.63. The van der Waals surface area contributed by atoms with Crippen molar-refractivity contribution in [1.29, 1.82) is 0 Å². The Morgan fingerprint density at radius 3 is 2.05 bits per heavy atom. The maximum Gasteiger partial charge on any atom is 0.305 e. The monoisotopic (exact) mass is 308 g/mol. The molecule has 126 valence electrons. The molecular weight excluding hydrogens is 276 g/mol. The summed E-state index contributed by atoms with van der Waals surface area (Å²) >= 11 is 0. The molecule has 1 aromatic heterocycles. The lowest BCUT2D eigenvalue weighted by Gasteiger charge is -2.01. The third-order valence-corrected chi connectivity index (χ3v) is 4.03. The molecule has 0 saturated heterocycles. The molecular formula is C19H32O3. The minimum Gasteiger partial charge on any atom is -0.469 e. The molecule has 0 aromatic carbocycles. The van der Waals surface area contributed by atoms with E-state index in [4.69, 9.17) is 4.42 Å². The molecule has 3 heteroatoms. The average Bonchev–Trinajstić information content (AvgIpc) is 2.97. The first-order chi connectivity index (χ1) is 10.8. The van der Waals surface area contributed by atoms with Gasteiger partial charge in [-0.15, -0.1) is 0 Å². The van der Waals surface area contributed by atoms with Crippen LogP contribution in [-0.2, 0) is 22.4 Å². The van der Waals surface area contributed by atoms with Crippen LogP contribution in [0.25, 0.3) is 0 Å². The van der Waals surface area contributed by atoms with Crippen LogP contribution in [-0.4, -0.2) is 13.1 Å². The minimum atomic E-state index is -0.147. The lowest BCUT2D eigenvalue weighted by Crippen LogP contribution is -2.00. The zero-order chi connectivity index (χ0) is 16.0. The smallest absolute Gasteiger partial charge is 0.305 e. The number of esters is 1. The van der Waals surface area contributed by atoms with Crippen LogP contribution < -0.4 is 0 Å². The summed E-state index contributed by atoms with van der Waals surface area (Å²) in [5, 5.41) is 0. The number of furan rings is 1. The number of unbranched alkanes of at least 4 members (excludes halogenated alkanes) is 7. The predicted molar refractivity (Wildman–Crippen MR) is 90.0 cm³/mol. The summed E-state index contributed by atoms with van der Waals surface area (Å²) in [7, 11) is 1.43. The summed E-state index contributed by atoms with van der Waals surface area (Å²) in [6.07, 6.45) is 13.8. The van der Waals surface area contributed by atoms with E-state index in [1.807, 2.05) is 6.07 Å². The second-order valence-electron chi connectivity index (χ2n) is 6.02. The average molecular weight is 308 g/mol. The maximum absolute atomic E-state index is 11.0. The van der Waals surface area contributed by atoms with E-state index in [1.54, 1.807) is 0 Å². The number of aryl methyl sites for hydroxylation is 2. The Kier molecular flexibility index (Phi) is 10.5. The number of hydrogen-bond donors (Lipinski definition) is 0. The molecule has 0 aliphatic rings. The Hall–Kier alpha value is -1.25. The molecule has 0 fully saturated rings. The van der Waals surface area contributed by atoms with Gasteiger partial charge >= 0.3 is 5.97 Å². The van der Waals surface area contributed by atoms with Crippen molar-refractivity contribution in [2.75, 3.05) is 7.11 Å². The fourth-order valence-electron chi connectivity index (χ4n) is 2.63. The number of ether oxygens (including phenoxy) is 1. The van der Waals surface area contributed by atoms with Crippen LogP contribution in [0.4, 0.5) is 0 Å². The maximum atomic E-state index is 11.0. The Balaban J connectivity index is 2.03. The summed E-state index contributed by atoms with van der Waals surface area (Å²) in [4.78, 5) is 11.0. The topological polar surface area (TPSA) is 39.4 Å². The van der Waals surface area contributed by atoms with Gasteiger partial charge in [0, 0.05) is 19.3 Å². The van der Waals surface area contributed by atoms with E-state index in [2.05, 4.69) is 17.7 Å². The van der Waals surface area contributed by atoms with Crippen molar-refractivity contribution in [3.05, 3.63) is 23.7 Å². The largest absolute Gasteiger partial charge is 0.469 e. The van der Waals surface area contributed by atoms with Gasteiger partial charge in [0.05, 0.1) is 7.11 Å². The molecule has 0 unspecified atom stereocenters. The molecule has 0 aliphatic carbocycles. The van der Waals surface area contributed by atoms with Gasteiger partial charge in [-0.2, -0.15) is 0 Å².